The van der Waals surface area contributed by atoms with Crippen molar-refractivity contribution in [3.8, 4) is 0 Å². The fraction of sp³-hybridized carbons (Fsp3) is 0.250. The predicted molar refractivity (Wildman–Crippen MR) is 50.0 cm³/mol. The summed E-state index contributed by atoms with van der Waals surface area (Å²) in [6.07, 6.45) is 3.34. The van der Waals surface area contributed by atoms with Crippen molar-refractivity contribution in [1.82, 2.24) is 14.0 Å². The van der Waals surface area contributed by atoms with Crippen LogP contribution in [0.2, 0.25) is 0 Å². The topological polar surface area (TPSA) is 39.3 Å². The lowest BCUT2D eigenvalue weighted by Gasteiger charge is -1.95. The van der Waals surface area contributed by atoms with Crippen LogP contribution in [0.4, 0.5) is 0 Å². The summed E-state index contributed by atoms with van der Waals surface area (Å²) in [5.74, 6) is 0.324. The standard InChI is InChI=1S/C8H8ClN3O/c1-11-3-2-7-10-6(4-9)5-12(7)8(11)13/h2-3,5H,4H2,1H3. The SMILES string of the molecule is Cn1ccc2nc(CCl)cn2c1=O. The first kappa shape index (κ1) is 8.31. The van der Waals surface area contributed by atoms with Gasteiger partial charge in [-0.15, -0.1) is 11.6 Å². The van der Waals surface area contributed by atoms with Crippen LogP contribution in [0.3, 0.4) is 0 Å². The van der Waals surface area contributed by atoms with E-state index in [1.807, 2.05) is 0 Å². The molecule has 0 radical (unpaired) electrons. The average Bonchev–Trinajstić information content (AvgIpc) is 2.55. The molecular formula is C8H8ClN3O. The molecule has 0 spiro atoms. The van der Waals surface area contributed by atoms with Gasteiger partial charge >= 0.3 is 5.69 Å². The number of alkyl halides is 1. The predicted octanol–water partition coefficient (Wildman–Crippen LogP) is 0.772. The Hall–Kier alpha value is -1.29. The second-order valence-corrected chi connectivity index (χ2v) is 3.07. The van der Waals surface area contributed by atoms with Crippen LogP contribution in [0, 0.1) is 0 Å². The van der Waals surface area contributed by atoms with Crippen molar-refractivity contribution in [3.05, 3.63) is 34.6 Å². The van der Waals surface area contributed by atoms with E-state index in [4.69, 9.17) is 11.6 Å². The molecule has 2 rings (SSSR count). The van der Waals surface area contributed by atoms with Gasteiger partial charge in [-0.1, -0.05) is 0 Å². The van der Waals surface area contributed by atoms with Gasteiger partial charge < -0.3 is 4.57 Å². The van der Waals surface area contributed by atoms with Crippen molar-refractivity contribution in [3.63, 3.8) is 0 Å². The molecule has 2 heterocycles. The van der Waals surface area contributed by atoms with E-state index in [0.29, 0.717) is 17.2 Å². The number of fused-ring (bicyclic) bond motifs is 1. The van der Waals surface area contributed by atoms with E-state index in [1.54, 1.807) is 25.5 Å². The molecule has 0 atom stereocenters. The zero-order chi connectivity index (χ0) is 9.42. The van der Waals surface area contributed by atoms with Gasteiger partial charge in [0, 0.05) is 19.4 Å². The van der Waals surface area contributed by atoms with Gasteiger partial charge in [0.2, 0.25) is 0 Å². The van der Waals surface area contributed by atoms with Crippen molar-refractivity contribution < 1.29 is 0 Å². The van der Waals surface area contributed by atoms with Gasteiger partial charge in [-0.05, 0) is 6.07 Å². The Bertz CT molecular complexity index is 500. The molecule has 0 aliphatic heterocycles. The summed E-state index contributed by atoms with van der Waals surface area (Å²) in [7, 11) is 1.70. The minimum absolute atomic E-state index is 0.110. The zero-order valence-corrected chi connectivity index (χ0v) is 7.82. The number of aryl methyl sites for hydroxylation is 1. The van der Waals surface area contributed by atoms with E-state index in [9.17, 15) is 4.79 Å². The molecule has 4 nitrogen and oxygen atoms in total. The smallest absolute Gasteiger partial charge is 0.303 e. The molecule has 0 aliphatic carbocycles. The van der Waals surface area contributed by atoms with Crippen LogP contribution >= 0.6 is 11.6 Å². The molecule has 0 saturated heterocycles. The Morgan fingerprint density at radius 2 is 2.38 bits per heavy atom. The highest BCUT2D eigenvalue weighted by Gasteiger charge is 2.03. The molecule has 0 aliphatic rings. The number of hydrogen-bond donors (Lipinski definition) is 0. The van der Waals surface area contributed by atoms with Crippen LogP contribution in [-0.2, 0) is 12.9 Å². The van der Waals surface area contributed by atoms with Crippen molar-refractivity contribution in [2.45, 2.75) is 5.88 Å². The normalized spacial score (nSPS) is 10.9. The number of aromatic nitrogens is 3. The molecule has 2 aromatic heterocycles. The van der Waals surface area contributed by atoms with Crippen molar-refractivity contribution >= 4 is 17.2 Å². The zero-order valence-electron chi connectivity index (χ0n) is 7.07. The van der Waals surface area contributed by atoms with Gasteiger partial charge in [0.1, 0.15) is 5.65 Å². The van der Waals surface area contributed by atoms with Gasteiger partial charge in [0.25, 0.3) is 0 Å². The Labute approximate surface area is 79.4 Å². The number of nitrogens with zero attached hydrogens (tertiary/aromatic N) is 3. The van der Waals surface area contributed by atoms with E-state index in [2.05, 4.69) is 4.98 Å². The molecule has 68 valence electrons. The summed E-state index contributed by atoms with van der Waals surface area (Å²) >= 11 is 5.61. The Morgan fingerprint density at radius 3 is 3.08 bits per heavy atom. The first-order valence-electron chi connectivity index (χ1n) is 3.82. The molecule has 0 bridgehead atoms. The largest absolute Gasteiger partial charge is 0.333 e. The van der Waals surface area contributed by atoms with Crippen LogP contribution in [0.15, 0.2) is 23.3 Å². The fourth-order valence-electron chi connectivity index (χ4n) is 1.19. The first-order valence-corrected chi connectivity index (χ1v) is 4.35. The third-order valence-electron chi connectivity index (χ3n) is 1.88. The molecule has 0 aromatic carbocycles. The van der Waals surface area contributed by atoms with Crippen LogP contribution in [0.1, 0.15) is 5.69 Å². The number of hydrogen-bond acceptors (Lipinski definition) is 2. The summed E-state index contributed by atoms with van der Waals surface area (Å²) in [6.45, 7) is 0. The van der Waals surface area contributed by atoms with E-state index in [1.165, 1.54) is 8.97 Å². The van der Waals surface area contributed by atoms with Gasteiger partial charge in [-0.25, -0.2) is 9.78 Å². The summed E-state index contributed by atoms with van der Waals surface area (Å²) in [6, 6.07) is 1.78. The summed E-state index contributed by atoms with van der Waals surface area (Å²) in [5, 5.41) is 0. The Morgan fingerprint density at radius 1 is 1.62 bits per heavy atom. The minimum Gasteiger partial charge on any atom is -0.303 e. The average molecular weight is 198 g/mol. The van der Waals surface area contributed by atoms with E-state index in [-0.39, 0.29) is 5.69 Å². The third-order valence-corrected chi connectivity index (χ3v) is 2.15. The van der Waals surface area contributed by atoms with E-state index < -0.39 is 0 Å². The highest BCUT2D eigenvalue weighted by Crippen LogP contribution is 2.03. The lowest BCUT2D eigenvalue weighted by molar-refractivity contribution is 0.789. The third kappa shape index (κ3) is 1.23. The van der Waals surface area contributed by atoms with E-state index in [0.717, 1.165) is 0 Å². The molecule has 0 fully saturated rings. The first-order chi connectivity index (χ1) is 6.22. The summed E-state index contributed by atoms with van der Waals surface area (Å²) < 4.78 is 2.98. The molecule has 0 N–H and O–H groups in total. The summed E-state index contributed by atoms with van der Waals surface area (Å²) in [4.78, 5) is 15.7. The maximum absolute atomic E-state index is 11.5. The lowest BCUT2D eigenvalue weighted by atomic mass is 10.6. The lowest BCUT2D eigenvalue weighted by Crippen LogP contribution is -2.22. The van der Waals surface area contributed by atoms with Crippen molar-refractivity contribution in [1.29, 1.82) is 0 Å². The van der Waals surface area contributed by atoms with Crippen LogP contribution in [-0.4, -0.2) is 14.0 Å². The molecule has 13 heavy (non-hydrogen) atoms. The van der Waals surface area contributed by atoms with Crippen LogP contribution in [0.25, 0.3) is 5.65 Å². The minimum atomic E-state index is -0.110. The van der Waals surface area contributed by atoms with Crippen molar-refractivity contribution in [2.75, 3.05) is 0 Å². The second kappa shape index (κ2) is 2.88. The van der Waals surface area contributed by atoms with Crippen LogP contribution in [0.5, 0.6) is 0 Å². The highest BCUT2D eigenvalue weighted by atomic mass is 35.5. The van der Waals surface area contributed by atoms with E-state index >= 15 is 0 Å². The molecule has 0 saturated carbocycles. The number of imidazole rings is 1. The van der Waals surface area contributed by atoms with Gasteiger partial charge in [-0.2, -0.15) is 0 Å². The molecule has 0 amide bonds. The Kier molecular flexibility index (Phi) is 1.84. The molecule has 5 heteroatoms. The molecule has 0 unspecified atom stereocenters. The number of rotatable bonds is 1. The Balaban J connectivity index is 2.84. The van der Waals surface area contributed by atoms with Gasteiger partial charge in [0.05, 0.1) is 11.6 Å². The van der Waals surface area contributed by atoms with Gasteiger partial charge in [-0.3, -0.25) is 4.40 Å². The molecular weight excluding hydrogens is 190 g/mol. The highest BCUT2D eigenvalue weighted by molar-refractivity contribution is 6.16. The van der Waals surface area contributed by atoms with Gasteiger partial charge in [0.15, 0.2) is 0 Å². The number of halogens is 1. The van der Waals surface area contributed by atoms with Crippen molar-refractivity contribution in [2.24, 2.45) is 7.05 Å². The van der Waals surface area contributed by atoms with Crippen LogP contribution < -0.4 is 5.69 Å². The quantitative estimate of drug-likeness (QED) is 0.634. The second-order valence-electron chi connectivity index (χ2n) is 2.80. The fourth-order valence-corrected chi connectivity index (χ4v) is 1.32. The summed E-state index contributed by atoms with van der Waals surface area (Å²) in [5.41, 5.74) is 1.24. The molecule has 2 aromatic rings. The monoisotopic (exact) mass is 197 g/mol. The maximum Gasteiger partial charge on any atom is 0.333 e. The maximum atomic E-state index is 11.5.